The molecule has 0 N–H and O–H groups in total. The van der Waals surface area contributed by atoms with E-state index in [1.165, 1.54) is 9.13 Å². The Morgan fingerprint density at radius 1 is 1.10 bits per heavy atom. The molecule has 0 bridgehead atoms. The van der Waals surface area contributed by atoms with E-state index >= 15 is 0 Å². The number of hydrogen-bond acceptors (Lipinski definition) is 4. The summed E-state index contributed by atoms with van der Waals surface area (Å²) in [4.78, 5) is 42.5. The van der Waals surface area contributed by atoms with Crippen molar-refractivity contribution in [3.63, 3.8) is 0 Å². The van der Waals surface area contributed by atoms with Gasteiger partial charge in [0.05, 0.1) is 10.9 Å². The van der Waals surface area contributed by atoms with Crippen LogP contribution in [0.1, 0.15) is 37.5 Å². The van der Waals surface area contributed by atoms with Crippen LogP contribution in [-0.2, 0) is 24.3 Å². The van der Waals surface area contributed by atoms with E-state index in [-0.39, 0.29) is 24.1 Å². The first-order valence-electron chi connectivity index (χ1n) is 10.6. The number of nitrogens with zero attached hydrogens (tertiary/aromatic N) is 3. The topological polar surface area (TPSA) is 64.3 Å². The summed E-state index contributed by atoms with van der Waals surface area (Å²) in [6, 6.07) is 11.3. The molecule has 4 rings (SSSR count). The molecule has 0 radical (unpaired) electrons. The summed E-state index contributed by atoms with van der Waals surface area (Å²) in [5, 5.41) is 2.46. The minimum absolute atomic E-state index is 0.0326. The number of para-hydroxylation sites is 1. The van der Waals surface area contributed by atoms with Gasteiger partial charge in [-0.1, -0.05) is 25.1 Å². The van der Waals surface area contributed by atoms with E-state index in [0.717, 1.165) is 37.1 Å². The number of aromatic nitrogens is 2. The normalized spacial score (nSPS) is 16.8. The largest absolute Gasteiger partial charge is 0.338 e. The summed E-state index contributed by atoms with van der Waals surface area (Å²) in [6.07, 6.45) is 4.68. The average Bonchev–Trinajstić information content (AvgIpc) is 3.30. The third-order valence-electron chi connectivity index (χ3n) is 6.01. The maximum Gasteiger partial charge on any atom is 0.331 e. The van der Waals surface area contributed by atoms with E-state index in [0.29, 0.717) is 23.9 Å². The molecule has 3 heterocycles. The first kappa shape index (κ1) is 20.6. The molecule has 3 aromatic rings. The van der Waals surface area contributed by atoms with Gasteiger partial charge in [0.15, 0.2) is 0 Å². The molecule has 1 aromatic carbocycles. The summed E-state index contributed by atoms with van der Waals surface area (Å²) in [5.41, 5.74) is -0.174. The van der Waals surface area contributed by atoms with Crippen LogP contribution in [0, 0.1) is 0 Å². The van der Waals surface area contributed by atoms with Crippen molar-refractivity contribution in [2.45, 2.75) is 58.2 Å². The molecule has 7 heteroatoms. The van der Waals surface area contributed by atoms with Crippen LogP contribution < -0.4 is 11.2 Å². The second-order valence-electron chi connectivity index (χ2n) is 7.82. The third-order valence-corrected chi connectivity index (χ3v) is 6.94. The minimum atomic E-state index is -0.409. The molecule has 0 aliphatic carbocycles. The van der Waals surface area contributed by atoms with Gasteiger partial charge in [0, 0.05) is 24.0 Å². The van der Waals surface area contributed by atoms with Crippen LogP contribution in [0.25, 0.3) is 10.9 Å². The number of benzene rings is 1. The van der Waals surface area contributed by atoms with Crippen LogP contribution in [-0.4, -0.2) is 32.5 Å². The molecule has 1 aliphatic heterocycles. The van der Waals surface area contributed by atoms with Gasteiger partial charge in [0.2, 0.25) is 5.91 Å². The summed E-state index contributed by atoms with van der Waals surface area (Å²) in [5.74, 6) is -0.0442. The number of piperidine rings is 1. The van der Waals surface area contributed by atoms with E-state index in [1.807, 2.05) is 22.4 Å². The molecule has 1 amide bonds. The molecule has 30 heavy (non-hydrogen) atoms. The zero-order chi connectivity index (χ0) is 21.1. The quantitative estimate of drug-likeness (QED) is 0.609. The second kappa shape index (κ2) is 9.00. The SMILES string of the molecule is CC[C@@H]1CCCCN1C(=O)Cn1c(=O)n(CCc2cccs2)c(=O)c2ccccc21. The fourth-order valence-electron chi connectivity index (χ4n) is 4.38. The molecule has 158 valence electrons. The van der Waals surface area contributed by atoms with Gasteiger partial charge in [-0.3, -0.25) is 18.7 Å². The van der Waals surface area contributed by atoms with Gasteiger partial charge >= 0.3 is 5.69 Å². The second-order valence-corrected chi connectivity index (χ2v) is 8.85. The Kier molecular flexibility index (Phi) is 6.18. The fourth-order valence-corrected chi connectivity index (χ4v) is 5.08. The van der Waals surface area contributed by atoms with Gasteiger partial charge < -0.3 is 4.90 Å². The van der Waals surface area contributed by atoms with Gasteiger partial charge in [-0.15, -0.1) is 11.3 Å². The summed E-state index contributed by atoms with van der Waals surface area (Å²) >= 11 is 1.61. The minimum Gasteiger partial charge on any atom is -0.338 e. The molecule has 1 saturated heterocycles. The number of amides is 1. The Hall–Kier alpha value is -2.67. The molecule has 2 aromatic heterocycles. The molecule has 1 atom stereocenters. The van der Waals surface area contributed by atoms with Gasteiger partial charge in [0.25, 0.3) is 5.56 Å². The zero-order valence-electron chi connectivity index (χ0n) is 17.3. The maximum atomic E-state index is 13.3. The lowest BCUT2D eigenvalue weighted by Gasteiger charge is -2.35. The Morgan fingerprint density at radius 3 is 2.70 bits per heavy atom. The van der Waals surface area contributed by atoms with Crippen molar-refractivity contribution in [1.82, 2.24) is 14.0 Å². The highest BCUT2D eigenvalue weighted by Gasteiger charge is 2.26. The predicted octanol–water partition coefficient (Wildman–Crippen LogP) is 3.26. The Balaban J connectivity index is 1.72. The summed E-state index contributed by atoms with van der Waals surface area (Å²) in [7, 11) is 0. The molecule has 0 saturated carbocycles. The van der Waals surface area contributed by atoms with Gasteiger partial charge in [-0.05, 0) is 55.7 Å². The lowest BCUT2D eigenvalue weighted by atomic mass is 10.00. The van der Waals surface area contributed by atoms with E-state index in [9.17, 15) is 14.4 Å². The van der Waals surface area contributed by atoms with Crippen LogP contribution in [0.4, 0.5) is 0 Å². The van der Waals surface area contributed by atoms with E-state index in [1.54, 1.807) is 35.6 Å². The van der Waals surface area contributed by atoms with Crippen molar-refractivity contribution in [2.24, 2.45) is 0 Å². The van der Waals surface area contributed by atoms with Crippen LogP contribution in [0.15, 0.2) is 51.4 Å². The average molecular weight is 426 g/mol. The number of aryl methyl sites for hydroxylation is 1. The first-order valence-corrected chi connectivity index (χ1v) is 11.5. The van der Waals surface area contributed by atoms with Crippen LogP contribution in [0.5, 0.6) is 0 Å². The van der Waals surface area contributed by atoms with E-state index < -0.39 is 5.69 Å². The molecule has 1 fully saturated rings. The Labute approximate surface area is 179 Å². The van der Waals surface area contributed by atoms with Crippen molar-refractivity contribution >= 4 is 28.1 Å². The Morgan fingerprint density at radius 2 is 1.93 bits per heavy atom. The molecule has 6 nitrogen and oxygen atoms in total. The number of thiophene rings is 1. The molecule has 0 unspecified atom stereocenters. The van der Waals surface area contributed by atoms with E-state index in [4.69, 9.17) is 0 Å². The highest BCUT2D eigenvalue weighted by Crippen LogP contribution is 2.20. The highest BCUT2D eigenvalue weighted by atomic mass is 32.1. The van der Waals surface area contributed by atoms with Crippen LogP contribution >= 0.6 is 11.3 Å². The molecule has 1 aliphatic rings. The summed E-state index contributed by atoms with van der Waals surface area (Å²) < 4.78 is 2.76. The number of fused-ring (bicyclic) bond motifs is 1. The fraction of sp³-hybridized carbons (Fsp3) is 0.435. The van der Waals surface area contributed by atoms with Gasteiger partial charge in [-0.2, -0.15) is 0 Å². The van der Waals surface area contributed by atoms with Crippen LogP contribution in [0.2, 0.25) is 0 Å². The lowest BCUT2D eigenvalue weighted by molar-refractivity contribution is -0.135. The number of carbonyl (C=O) groups excluding carboxylic acids is 1. The van der Waals surface area contributed by atoms with Crippen LogP contribution in [0.3, 0.4) is 0 Å². The number of likely N-dealkylation sites (tertiary alicyclic amines) is 1. The van der Waals surface area contributed by atoms with Crippen molar-refractivity contribution in [3.05, 3.63) is 67.5 Å². The zero-order valence-corrected chi connectivity index (χ0v) is 18.1. The van der Waals surface area contributed by atoms with Gasteiger partial charge in [0.1, 0.15) is 6.54 Å². The predicted molar refractivity (Wildman–Crippen MR) is 120 cm³/mol. The first-order chi connectivity index (χ1) is 14.6. The third kappa shape index (κ3) is 3.99. The molecule has 0 spiro atoms. The van der Waals surface area contributed by atoms with Crippen molar-refractivity contribution in [1.29, 1.82) is 0 Å². The number of hydrogen-bond donors (Lipinski definition) is 0. The summed E-state index contributed by atoms with van der Waals surface area (Å²) in [6.45, 7) is 3.11. The number of carbonyl (C=O) groups is 1. The highest BCUT2D eigenvalue weighted by molar-refractivity contribution is 7.09. The molecular formula is C23H27N3O3S. The lowest BCUT2D eigenvalue weighted by Crippen LogP contribution is -2.47. The van der Waals surface area contributed by atoms with Crippen molar-refractivity contribution in [3.8, 4) is 0 Å². The van der Waals surface area contributed by atoms with Crippen molar-refractivity contribution < 1.29 is 4.79 Å². The number of rotatable bonds is 6. The monoisotopic (exact) mass is 425 g/mol. The Bertz CT molecular complexity index is 1150. The van der Waals surface area contributed by atoms with Gasteiger partial charge in [-0.25, -0.2) is 4.79 Å². The standard InChI is InChI=1S/C23H27N3O3S/c1-2-17-8-5-6-13-24(17)21(27)16-26-20-11-4-3-10-19(20)22(28)25(23(26)29)14-12-18-9-7-15-30-18/h3-4,7,9-11,15,17H,2,5-6,8,12-14,16H2,1H3/t17-/m1/s1. The van der Waals surface area contributed by atoms with Crippen molar-refractivity contribution in [2.75, 3.05) is 6.54 Å². The smallest absolute Gasteiger partial charge is 0.331 e. The maximum absolute atomic E-state index is 13.3. The molecular weight excluding hydrogens is 398 g/mol. The van der Waals surface area contributed by atoms with E-state index in [2.05, 4.69) is 6.92 Å².